The molecule has 118 valence electrons. The highest BCUT2D eigenvalue weighted by Gasteiger charge is 2.10. The molecule has 1 N–H and O–H groups in total. The number of carbonyl (C=O) groups excluding carboxylic acids is 1. The van der Waals surface area contributed by atoms with Crippen molar-refractivity contribution in [1.29, 1.82) is 0 Å². The van der Waals surface area contributed by atoms with Gasteiger partial charge in [-0.3, -0.25) is 14.2 Å². The van der Waals surface area contributed by atoms with E-state index in [1.54, 1.807) is 11.4 Å². The van der Waals surface area contributed by atoms with Crippen molar-refractivity contribution in [2.24, 2.45) is 0 Å². The number of anilines is 1. The number of fused-ring (bicyclic) bond motifs is 1. The normalized spacial score (nSPS) is 10.9. The maximum atomic E-state index is 13.5. The van der Waals surface area contributed by atoms with Crippen LogP contribution in [0, 0.1) is 11.6 Å². The van der Waals surface area contributed by atoms with Crippen molar-refractivity contribution in [2.75, 3.05) is 5.32 Å². The van der Waals surface area contributed by atoms with E-state index in [9.17, 15) is 18.4 Å². The third-order valence-corrected chi connectivity index (χ3v) is 4.06. The molecule has 0 fully saturated rings. The number of hydrogen-bond acceptors (Lipinski definition) is 4. The highest BCUT2D eigenvalue weighted by atomic mass is 32.1. The van der Waals surface area contributed by atoms with Crippen LogP contribution in [0.1, 0.15) is 6.42 Å². The molecule has 0 radical (unpaired) electrons. The summed E-state index contributed by atoms with van der Waals surface area (Å²) in [6.45, 7) is 0.117. The Morgan fingerprint density at radius 3 is 2.91 bits per heavy atom. The van der Waals surface area contributed by atoms with E-state index in [1.807, 2.05) is 0 Å². The van der Waals surface area contributed by atoms with Crippen LogP contribution in [0.15, 0.2) is 40.8 Å². The van der Waals surface area contributed by atoms with E-state index in [2.05, 4.69) is 10.3 Å². The van der Waals surface area contributed by atoms with Gasteiger partial charge < -0.3 is 5.32 Å². The quantitative estimate of drug-likeness (QED) is 0.797. The van der Waals surface area contributed by atoms with Crippen molar-refractivity contribution in [3.8, 4) is 0 Å². The van der Waals surface area contributed by atoms with Crippen LogP contribution < -0.4 is 10.9 Å². The van der Waals surface area contributed by atoms with Crippen LogP contribution in [0.3, 0.4) is 0 Å². The molecular formula is C15H11F2N3O2S. The fourth-order valence-corrected chi connectivity index (χ4v) is 2.80. The molecule has 0 unspecified atom stereocenters. The Balaban J connectivity index is 1.68. The third-order valence-electron chi connectivity index (χ3n) is 3.24. The number of aromatic nitrogens is 2. The first-order valence-electron chi connectivity index (χ1n) is 6.72. The van der Waals surface area contributed by atoms with Crippen LogP contribution >= 0.6 is 11.3 Å². The number of aryl methyl sites for hydroxylation is 1. The fourth-order valence-electron chi connectivity index (χ4n) is 2.08. The Kier molecular flexibility index (Phi) is 4.16. The lowest BCUT2D eigenvalue weighted by Crippen LogP contribution is -2.23. The first-order chi connectivity index (χ1) is 11.0. The predicted molar refractivity (Wildman–Crippen MR) is 83.5 cm³/mol. The van der Waals surface area contributed by atoms with Gasteiger partial charge in [0, 0.05) is 19.0 Å². The zero-order valence-corrected chi connectivity index (χ0v) is 12.6. The summed E-state index contributed by atoms with van der Waals surface area (Å²) >= 11 is 1.36. The average Bonchev–Trinajstić information content (AvgIpc) is 2.99. The molecule has 0 spiro atoms. The molecule has 3 rings (SSSR count). The largest absolute Gasteiger partial charge is 0.324 e. The molecule has 23 heavy (non-hydrogen) atoms. The molecule has 2 heterocycles. The van der Waals surface area contributed by atoms with Crippen LogP contribution in [0.4, 0.5) is 14.5 Å². The molecule has 0 aliphatic rings. The zero-order valence-electron chi connectivity index (χ0n) is 11.8. The van der Waals surface area contributed by atoms with Gasteiger partial charge in [0.25, 0.3) is 5.56 Å². The Labute approximate surface area is 133 Å². The summed E-state index contributed by atoms with van der Waals surface area (Å²) in [6.07, 6.45) is 1.35. The van der Waals surface area contributed by atoms with Crippen LogP contribution in [0.25, 0.3) is 10.2 Å². The molecule has 0 bridgehead atoms. The molecule has 1 aromatic carbocycles. The fraction of sp³-hybridized carbons (Fsp3) is 0.133. The van der Waals surface area contributed by atoms with E-state index >= 15 is 0 Å². The van der Waals surface area contributed by atoms with E-state index in [-0.39, 0.29) is 24.2 Å². The van der Waals surface area contributed by atoms with Crippen LogP contribution in [-0.4, -0.2) is 15.5 Å². The maximum absolute atomic E-state index is 13.5. The second kappa shape index (κ2) is 6.25. The number of carbonyl (C=O) groups is 1. The lowest BCUT2D eigenvalue weighted by Gasteiger charge is -2.08. The van der Waals surface area contributed by atoms with E-state index in [1.165, 1.54) is 22.2 Å². The summed E-state index contributed by atoms with van der Waals surface area (Å²) in [5, 5.41) is 4.62. The van der Waals surface area contributed by atoms with Gasteiger partial charge in [-0.2, -0.15) is 0 Å². The van der Waals surface area contributed by atoms with E-state index in [0.29, 0.717) is 16.3 Å². The average molecular weight is 335 g/mol. The molecule has 0 aliphatic carbocycles. The summed E-state index contributed by atoms with van der Waals surface area (Å²) in [5.74, 6) is -2.05. The van der Waals surface area contributed by atoms with Gasteiger partial charge in [0.15, 0.2) is 0 Å². The topological polar surface area (TPSA) is 64.0 Å². The van der Waals surface area contributed by atoms with Gasteiger partial charge in [0.2, 0.25) is 5.91 Å². The minimum atomic E-state index is -0.850. The Morgan fingerprint density at radius 2 is 2.13 bits per heavy atom. The lowest BCUT2D eigenvalue weighted by molar-refractivity contribution is -0.116. The van der Waals surface area contributed by atoms with Crippen molar-refractivity contribution in [1.82, 2.24) is 9.55 Å². The Hall–Kier alpha value is -2.61. The number of nitrogens with one attached hydrogen (secondary N) is 1. The van der Waals surface area contributed by atoms with Crippen molar-refractivity contribution in [3.05, 3.63) is 58.0 Å². The molecule has 2 aromatic heterocycles. The van der Waals surface area contributed by atoms with E-state index in [0.717, 1.165) is 12.1 Å². The monoisotopic (exact) mass is 335 g/mol. The predicted octanol–water partition coefficient (Wildman–Crippen LogP) is 2.77. The van der Waals surface area contributed by atoms with Gasteiger partial charge >= 0.3 is 0 Å². The highest BCUT2D eigenvalue weighted by Crippen LogP contribution is 2.15. The molecule has 8 heteroatoms. The first kappa shape index (κ1) is 15.3. The van der Waals surface area contributed by atoms with E-state index < -0.39 is 17.5 Å². The van der Waals surface area contributed by atoms with Crippen LogP contribution in [-0.2, 0) is 11.3 Å². The molecule has 0 atom stereocenters. The number of amides is 1. The molecule has 3 aromatic rings. The lowest BCUT2D eigenvalue weighted by atomic mass is 10.3. The van der Waals surface area contributed by atoms with E-state index in [4.69, 9.17) is 0 Å². The first-order valence-corrected chi connectivity index (χ1v) is 7.60. The second-order valence-electron chi connectivity index (χ2n) is 4.80. The Bertz CT molecular complexity index is 936. The molecule has 5 nitrogen and oxygen atoms in total. The summed E-state index contributed by atoms with van der Waals surface area (Å²) < 4.78 is 27.6. The minimum absolute atomic E-state index is 0.0337. The van der Waals surface area contributed by atoms with Crippen LogP contribution in [0.5, 0.6) is 0 Å². The van der Waals surface area contributed by atoms with Gasteiger partial charge in [0.1, 0.15) is 16.5 Å². The second-order valence-corrected chi connectivity index (χ2v) is 5.70. The number of benzene rings is 1. The number of rotatable bonds is 4. The molecule has 1 amide bonds. The minimum Gasteiger partial charge on any atom is -0.324 e. The molecule has 0 aliphatic heterocycles. The summed E-state index contributed by atoms with van der Waals surface area (Å²) in [6, 6.07) is 4.57. The van der Waals surface area contributed by atoms with Gasteiger partial charge in [0.05, 0.1) is 17.4 Å². The van der Waals surface area contributed by atoms with Gasteiger partial charge in [-0.05, 0) is 23.6 Å². The maximum Gasteiger partial charge on any atom is 0.262 e. The van der Waals surface area contributed by atoms with Gasteiger partial charge in [-0.15, -0.1) is 11.3 Å². The SMILES string of the molecule is O=C(CCn1cnc2sccc2c1=O)Nc1ccc(F)cc1F. The third kappa shape index (κ3) is 3.26. The summed E-state index contributed by atoms with van der Waals surface area (Å²) in [4.78, 5) is 28.8. The number of halogens is 2. The number of nitrogens with zero attached hydrogens (tertiary/aromatic N) is 2. The smallest absolute Gasteiger partial charge is 0.262 e. The van der Waals surface area contributed by atoms with Crippen molar-refractivity contribution in [3.63, 3.8) is 0 Å². The van der Waals surface area contributed by atoms with Gasteiger partial charge in [-0.1, -0.05) is 0 Å². The van der Waals surface area contributed by atoms with Gasteiger partial charge in [-0.25, -0.2) is 13.8 Å². The highest BCUT2D eigenvalue weighted by molar-refractivity contribution is 7.16. The Morgan fingerprint density at radius 1 is 1.30 bits per heavy atom. The van der Waals surface area contributed by atoms with Crippen LogP contribution in [0.2, 0.25) is 0 Å². The summed E-state index contributed by atoms with van der Waals surface area (Å²) in [5.41, 5.74) is -0.327. The molecular weight excluding hydrogens is 324 g/mol. The van der Waals surface area contributed by atoms with Crippen molar-refractivity contribution in [2.45, 2.75) is 13.0 Å². The molecule has 0 saturated heterocycles. The summed E-state index contributed by atoms with van der Waals surface area (Å²) in [7, 11) is 0. The zero-order chi connectivity index (χ0) is 16.4. The van der Waals surface area contributed by atoms with Crippen molar-refractivity contribution < 1.29 is 13.6 Å². The number of hydrogen-bond donors (Lipinski definition) is 1. The van der Waals surface area contributed by atoms with Crippen molar-refractivity contribution >= 4 is 33.1 Å². The molecule has 0 saturated carbocycles. The standard InChI is InChI=1S/C15H11F2N3O2S/c16-9-1-2-12(11(17)7-9)19-13(21)3-5-20-8-18-14-10(15(20)22)4-6-23-14/h1-2,4,6-8H,3,5H2,(H,19,21). The number of thiophene rings is 1.